The van der Waals surface area contributed by atoms with E-state index in [0.717, 1.165) is 46.4 Å². The van der Waals surface area contributed by atoms with E-state index in [1.165, 1.54) is 0 Å². The Morgan fingerprint density at radius 1 is 1.10 bits per heavy atom. The maximum absolute atomic E-state index is 13.4. The van der Waals surface area contributed by atoms with Gasteiger partial charge in [0.05, 0.1) is 28.3 Å². The lowest BCUT2D eigenvalue weighted by Gasteiger charge is -2.22. The minimum Gasteiger partial charge on any atom is -0.361 e. The summed E-state index contributed by atoms with van der Waals surface area (Å²) in [6.45, 7) is 3.79. The summed E-state index contributed by atoms with van der Waals surface area (Å²) in [5.41, 5.74) is 4.04. The van der Waals surface area contributed by atoms with E-state index in [4.69, 9.17) is 21.1 Å². The Balaban J connectivity index is 1.40. The minimum absolute atomic E-state index is 0.0138. The van der Waals surface area contributed by atoms with Crippen molar-refractivity contribution in [2.75, 3.05) is 16.8 Å². The van der Waals surface area contributed by atoms with Crippen LogP contribution in [0.2, 0.25) is 5.02 Å². The molecule has 1 aliphatic heterocycles. The van der Waals surface area contributed by atoms with Crippen molar-refractivity contribution >= 4 is 43.9 Å². The summed E-state index contributed by atoms with van der Waals surface area (Å²) >= 11 is 6.31. The number of hydrogen-bond acceptors (Lipinski definition) is 8. The van der Waals surface area contributed by atoms with Gasteiger partial charge in [-0.15, -0.1) is 0 Å². The molecule has 3 heterocycles. The Morgan fingerprint density at radius 2 is 1.87 bits per heavy atom. The first-order chi connectivity index (χ1) is 18.6. The van der Waals surface area contributed by atoms with Crippen LogP contribution in [-0.2, 0) is 15.4 Å². The van der Waals surface area contributed by atoms with E-state index in [9.17, 15) is 13.2 Å². The first-order valence-electron chi connectivity index (χ1n) is 13.2. The van der Waals surface area contributed by atoms with Gasteiger partial charge < -0.3 is 9.84 Å². The molecule has 8 nitrogen and oxygen atoms in total. The van der Waals surface area contributed by atoms with Crippen molar-refractivity contribution in [3.8, 4) is 11.1 Å². The number of rotatable bonds is 7. The Kier molecular flexibility index (Phi) is 6.46. The zero-order chi connectivity index (χ0) is 27.4. The minimum atomic E-state index is -3.00. The third kappa shape index (κ3) is 5.17. The number of aryl methyl sites for hydroxylation is 2. The van der Waals surface area contributed by atoms with E-state index in [1.54, 1.807) is 0 Å². The Morgan fingerprint density at radius 3 is 2.54 bits per heavy atom. The molecule has 6 rings (SSSR count). The smallest absolute Gasteiger partial charge is 0.200 e. The van der Waals surface area contributed by atoms with Crippen LogP contribution in [0.4, 0.5) is 5.82 Å². The highest BCUT2D eigenvalue weighted by Gasteiger charge is 2.45. The van der Waals surface area contributed by atoms with Gasteiger partial charge in [0.1, 0.15) is 21.4 Å². The molecule has 10 heteroatoms. The Hall–Kier alpha value is -3.30. The van der Waals surface area contributed by atoms with Crippen LogP contribution >= 0.6 is 11.6 Å². The van der Waals surface area contributed by atoms with Crippen LogP contribution in [-0.4, -0.2) is 40.8 Å². The average Bonchev–Trinajstić information content (AvgIpc) is 3.61. The number of anilines is 1. The first-order valence-corrected chi connectivity index (χ1v) is 15.4. The third-order valence-corrected chi connectivity index (χ3v) is 9.85. The van der Waals surface area contributed by atoms with Crippen LogP contribution in [0, 0.1) is 19.8 Å². The maximum atomic E-state index is 13.4. The predicted octanol–water partition coefficient (Wildman–Crippen LogP) is 6.05. The number of benzene rings is 2. The fourth-order valence-corrected chi connectivity index (χ4v) is 7.30. The number of hydrogen-bond donors (Lipinski definition) is 1. The van der Waals surface area contributed by atoms with Crippen molar-refractivity contribution in [2.24, 2.45) is 5.92 Å². The number of carbonyl (C=O) groups is 1. The molecule has 2 aromatic carbocycles. The lowest BCUT2D eigenvalue weighted by atomic mass is 9.96. The van der Waals surface area contributed by atoms with Gasteiger partial charge in [-0.05, 0) is 80.8 Å². The Labute approximate surface area is 232 Å². The molecule has 2 fully saturated rings. The van der Waals surface area contributed by atoms with Crippen LogP contribution in [0.3, 0.4) is 0 Å². The molecule has 2 aliphatic rings. The van der Waals surface area contributed by atoms with Crippen molar-refractivity contribution in [3.63, 3.8) is 0 Å². The summed E-state index contributed by atoms with van der Waals surface area (Å²) in [7, 11) is -3.00. The average molecular weight is 565 g/mol. The molecule has 1 aliphatic carbocycles. The quantitative estimate of drug-likeness (QED) is 0.270. The van der Waals surface area contributed by atoms with Gasteiger partial charge >= 0.3 is 0 Å². The second-order valence-corrected chi connectivity index (χ2v) is 13.5. The number of carbonyl (C=O) groups excluding carboxylic acids is 1. The molecule has 0 amide bonds. The molecular weight excluding hydrogens is 536 g/mol. The predicted molar refractivity (Wildman–Crippen MR) is 151 cm³/mol. The van der Waals surface area contributed by atoms with Gasteiger partial charge in [0, 0.05) is 22.4 Å². The lowest BCUT2D eigenvalue weighted by Crippen LogP contribution is -2.25. The molecule has 1 saturated carbocycles. The van der Waals surface area contributed by atoms with Gasteiger partial charge in [-0.25, -0.2) is 18.4 Å². The highest BCUT2D eigenvalue weighted by molar-refractivity contribution is 7.91. The van der Waals surface area contributed by atoms with E-state index >= 15 is 0 Å². The fraction of sp³-hybridized carbons (Fsp3) is 0.379. The van der Waals surface area contributed by atoms with E-state index in [1.807, 2.05) is 56.3 Å². The summed E-state index contributed by atoms with van der Waals surface area (Å²) in [6.07, 6.45) is 3.03. The highest BCUT2D eigenvalue weighted by Crippen LogP contribution is 2.49. The largest absolute Gasteiger partial charge is 0.361 e. The number of fused-ring (bicyclic) bond motifs is 1. The van der Waals surface area contributed by atoms with Crippen LogP contribution in [0.5, 0.6) is 0 Å². The second-order valence-electron chi connectivity index (χ2n) is 10.8. The summed E-state index contributed by atoms with van der Waals surface area (Å²) < 4.78 is 29.1. The molecule has 0 unspecified atom stereocenters. The summed E-state index contributed by atoms with van der Waals surface area (Å²) in [5.74, 6) is 1.55. The summed E-state index contributed by atoms with van der Waals surface area (Å²) in [4.78, 5) is 22.8. The number of ketones is 1. The van der Waals surface area contributed by atoms with Crippen molar-refractivity contribution in [1.82, 2.24) is 15.1 Å². The SMILES string of the molecule is Cc1noc(C)c1-c1ccc2nc(C(=O)CC3CCS(=O)(=O)CC3)nc(NC3(c4cccc(Cl)c4)CC3)c2c1. The third-order valence-electron chi connectivity index (χ3n) is 7.90. The Bertz CT molecular complexity index is 1680. The molecule has 2 aromatic heterocycles. The molecule has 4 aromatic rings. The van der Waals surface area contributed by atoms with Crippen molar-refractivity contribution in [3.05, 3.63) is 70.3 Å². The topological polar surface area (TPSA) is 115 Å². The fourth-order valence-electron chi connectivity index (χ4n) is 5.52. The monoisotopic (exact) mass is 564 g/mol. The normalized spacial score (nSPS) is 18.2. The van der Waals surface area contributed by atoms with Crippen LogP contribution in [0.1, 0.15) is 59.7 Å². The lowest BCUT2D eigenvalue weighted by molar-refractivity contribution is 0.0948. The number of halogens is 1. The van der Waals surface area contributed by atoms with Crippen molar-refractivity contribution in [1.29, 1.82) is 0 Å². The van der Waals surface area contributed by atoms with Crippen molar-refractivity contribution < 1.29 is 17.7 Å². The first kappa shape index (κ1) is 26.0. The van der Waals surface area contributed by atoms with E-state index in [0.29, 0.717) is 29.2 Å². The zero-order valence-corrected chi connectivity index (χ0v) is 23.4. The maximum Gasteiger partial charge on any atom is 0.200 e. The molecule has 39 heavy (non-hydrogen) atoms. The van der Waals surface area contributed by atoms with E-state index in [-0.39, 0.29) is 41.0 Å². The molecule has 0 radical (unpaired) electrons. The van der Waals surface area contributed by atoms with Crippen LogP contribution < -0.4 is 5.32 Å². The van der Waals surface area contributed by atoms with E-state index < -0.39 is 9.84 Å². The molecule has 1 N–H and O–H groups in total. The molecular formula is C29H29ClN4O4S. The number of Topliss-reactive ketones (excluding diaryl/α,β-unsaturated/α-hetero) is 1. The van der Waals surface area contributed by atoms with E-state index in [2.05, 4.69) is 15.5 Å². The molecule has 202 valence electrons. The number of nitrogens with zero attached hydrogens (tertiary/aromatic N) is 3. The van der Waals surface area contributed by atoms with Gasteiger partial charge in [0.25, 0.3) is 0 Å². The van der Waals surface area contributed by atoms with Gasteiger partial charge in [-0.2, -0.15) is 0 Å². The second kappa shape index (κ2) is 9.71. The number of nitrogens with one attached hydrogen (secondary N) is 1. The molecule has 0 spiro atoms. The number of sulfone groups is 1. The van der Waals surface area contributed by atoms with Crippen molar-refractivity contribution in [2.45, 2.75) is 51.5 Å². The standard InChI is InChI=1S/C29H29ClN4O4S/c1-17-26(18(2)38-34-17)20-6-7-24-23(15-20)27(33-29(10-11-29)21-4-3-5-22(30)16-21)32-28(31-24)25(35)14-19-8-12-39(36,37)13-9-19/h3-7,15-16,19H,8-14H2,1-2H3,(H,31,32,33). The summed E-state index contributed by atoms with van der Waals surface area (Å²) in [6, 6.07) is 13.7. The van der Waals surface area contributed by atoms with Gasteiger partial charge in [0.2, 0.25) is 0 Å². The summed E-state index contributed by atoms with van der Waals surface area (Å²) in [5, 5.41) is 9.20. The van der Waals surface area contributed by atoms with Crippen LogP contribution in [0.15, 0.2) is 47.0 Å². The molecule has 1 saturated heterocycles. The zero-order valence-electron chi connectivity index (χ0n) is 21.8. The molecule has 0 atom stereocenters. The highest BCUT2D eigenvalue weighted by atomic mass is 35.5. The molecule has 0 bridgehead atoms. The van der Waals surface area contributed by atoms with Gasteiger partial charge in [0.15, 0.2) is 11.6 Å². The van der Waals surface area contributed by atoms with Gasteiger partial charge in [-0.1, -0.05) is 35.0 Å². The van der Waals surface area contributed by atoms with Crippen LogP contribution in [0.25, 0.3) is 22.0 Å². The van der Waals surface area contributed by atoms with Gasteiger partial charge in [-0.3, -0.25) is 4.79 Å². The number of aromatic nitrogens is 3.